The van der Waals surface area contributed by atoms with Gasteiger partial charge in [-0.05, 0) is 24.1 Å². The molecule has 2 N–H and O–H groups in total. The summed E-state index contributed by atoms with van der Waals surface area (Å²) in [7, 11) is -4.37. The molecule has 0 bridgehead atoms. The van der Waals surface area contributed by atoms with Gasteiger partial charge < -0.3 is 5.11 Å². The van der Waals surface area contributed by atoms with Gasteiger partial charge in [-0.3, -0.25) is 4.79 Å². The summed E-state index contributed by atoms with van der Waals surface area (Å²) in [6, 6.07) is 0.294. The molecular formula is C12H13ClF3NO4S. The van der Waals surface area contributed by atoms with Crippen molar-refractivity contribution in [3.05, 3.63) is 28.8 Å². The van der Waals surface area contributed by atoms with Crippen LogP contribution in [0.25, 0.3) is 0 Å². The largest absolute Gasteiger partial charge is 0.480 e. The maximum absolute atomic E-state index is 12.5. The Bertz CT molecular complexity index is 673. The number of nitrogens with one attached hydrogen (secondary N) is 1. The quantitative estimate of drug-likeness (QED) is 0.846. The Labute approximate surface area is 130 Å². The topological polar surface area (TPSA) is 83.5 Å². The molecule has 10 heteroatoms. The second-order valence-corrected chi connectivity index (χ2v) is 6.91. The highest BCUT2D eigenvalue weighted by atomic mass is 35.5. The zero-order chi connectivity index (χ0) is 17.3. The number of carboxylic acid groups (broad SMARTS) is 1. The van der Waals surface area contributed by atoms with Crippen molar-refractivity contribution in [2.24, 2.45) is 5.92 Å². The van der Waals surface area contributed by atoms with E-state index in [9.17, 15) is 26.4 Å². The molecule has 0 aliphatic carbocycles. The van der Waals surface area contributed by atoms with Crippen LogP contribution >= 0.6 is 11.6 Å². The van der Waals surface area contributed by atoms with Crippen molar-refractivity contribution in [2.75, 3.05) is 0 Å². The number of sulfonamides is 1. The van der Waals surface area contributed by atoms with Gasteiger partial charge in [0.2, 0.25) is 10.0 Å². The standard InChI is InChI=1S/C12H13ClF3NO4S/c1-6(2)10(11(18)19)17-22(20,21)9-4-3-7(5-8(9)13)12(14,15)16/h3-6,10,17H,1-2H3,(H,18,19). The number of carboxylic acids is 1. The minimum Gasteiger partial charge on any atom is -0.480 e. The Morgan fingerprint density at radius 1 is 1.32 bits per heavy atom. The van der Waals surface area contributed by atoms with E-state index in [-0.39, 0.29) is 0 Å². The Balaban J connectivity index is 3.21. The molecule has 0 aliphatic heterocycles. The number of halogens is 4. The Kier molecular flexibility index (Phi) is 5.47. The first kappa shape index (κ1) is 18.7. The van der Waals surface area contributed by atoms with Crippen LogP contribution in [0.5, 0.6) is 0 Å². The third-order valence-corrected chi connectivity index (χ3v) is 4.69. The lowest BCUT2D eigenvalue weighted by Gasteiger charge is -2.18. The molecule has 0 heterocycles. The summed E-state index contributed by atoms with van der Waals surface area (Å²) in [4.78, 5) is 10.4. The maximum Gasteiger partial charge on any atom is 0.416 e. The van der Waals surface area contributed by atoms with E-state index < -0.39 is 49.6 Å². The predicted molar refractivity (Wildman–Crippen MR) is 73.0 cm³/mol. The smallest absolute Gasteiger partial charge is 0.416 e. The number of alkyl halides is 3. The highest BCUT2D eigenvalue weighted by Crippen LogP contribution is 2.33. The summed E-state index contributed by atoms with van der Waals surface area (Å²) >= 11 is 5.60. The van der Waals surface area contributed by atoms with Crippen molar-refractivity contribution in [3.8, 4) is 0 Å². The van der Waals surface area contributed by atoms with Crippen LogP contribution < -0.4 is 4.72 Å². The fraction of sp³-hybridized carbons (Fsp3) is 0.417. The number of hydrogen-bond acceptors (Lipinski definition) is 3. The fourth-order valence-corrected chi connectivity index (χ4v) is 3.48. The number of benzene rings is 1. The van der Waals surface area contributed by atoms with Crippen molar-refractivity contribution in [2.45, 2.75) is 31.0 Å². The van der Waals surface area contributed by atoms with Crippen molar-refractivity contribution in [3.63, 3.8) is 0 Å². The van der Waals surface area contributed by atoms with Crippen LogP contribution in [0.3, 0.4) is 0 Å². The second-order valence-electron chi connectivity index (χ2n) is 4.82. The molecule has 22 heavy (non-hydrogen) atoms. The summed E-state index contributed by atoms with van der Waals surface area (Å²) in [6.45, 7) is 2.96. The minimum atomic E-state index is -4.67. The van der Waals surface area contributed by atoms with Gasteiger partial charge in [0.25, 0.3) is 0 Å². The Morgan fingerprint density at radius 3 is 2.23 bits per heavy atom. The highest BCUT2D eigenvalue weighted by Gasteiger charge is 2.33. The third kappa shape index (κ3) is 4.34. The van der Waals surface area contributed by atoms with Crippen molar-refractivity contribution in [1.82, 2.24) is 4.72 Å². The Hall–Kier alpha value is -1.32. The van der Waals surface area contributed by atoms with Crippen LogP contribution in [-0.4, -0.2) is 25.5 Å². The molecule has 1 atom stereocenters. The number of aliphatic carboxylic acids is 1. The number of carbonyl (C=O) groups is 1. The summed E-state index contributed by atoms with van der Waals surface area (Å²) in [5, 5.41) is 8.32. The summed E-state index contributed by atoms with van der Waals surface area (Å²) in [5.41, 5.74) is -1.10. The monoisotopic (exact) mass is 359 g/mol. The third-order valence-electron chi connectivity index (χ3n) is 2.76. The van der Waals surface area contributed by atoms with Crippen LogP contribution in [0.2, 0.25) is 5.02 Å². The SMILES string of the molecule is CC(C)C(NS(=O)(=O)c1ccc(C(F)(F)F)cc1Cl)C(=O)O. The molecule has 1 aromatic carbocycles. The van der Waals surface area contributed by atoms with Gasteiger partial charge in [-0.2, -0.15) is 17.9 Å². The lowest BCUT2D eigenvalue weighted by molar-refractivity contribution is -0.140. The first-order chi connectivity index (χ1) is 9.86. The van der Waals surface area contributed by atoms with E-state index >= 15 is 0 Å². The lowest BCUT2D eigenvalue weighted by atomic mass is 10.1. The van der Waals surface area contributed by atoms with Gasteiger partial charge in [0.1, 0.15) is 10.9 Å². The predicted octanol–water partition coefficient (Wildman–Crippen LogP) is 2.75. The van der Waals surface area contributed by atoms with Gasteiger partial charge in [-0.25, -0.2) is 8.42 Å². The first-order valence-electron chi connectivity index (χ1n) is 5.98. The van der Waals surface area contributed by atoms with E-state index in [4.69, 9.17) is 16.7 Å². The summed E-state index contributed by atoms with van der Waals surface area (Å²) in [5.74, 6) is -1.97. The second kappa shape index (κ2) is 6.43. The van der Waals surface area contributed by atoms with E-state index in [1.54, 1.807) is 0 Å². The normalized spacial score (nSPS) is 14.1. The van der Waals surface area contributed by atoms with Crippen molar-refractivity contribution < 1.29 is 31.5 Å². The molecule has 0 aromatic heterocycles. The highest BCUT2D eigenvalue weighted by molar-refractivity contribution is 7.89. The molecule has 1 aromatic rings. The van der Waals surface area contributed by atoms with E-state index in [0.717, 1.165) is 0 Å². The van der Waals surface area contributed by atoms with E-state index in [0.29, 0.717) is 18.2 Å². The maximum atomic E-state index is 12.5. The molecule has 0 spiro atoms. The van der Waals surface area contributed by atoms with Crippen LogP contribution in [0.4, 0.5) is 13.2 Å². The molecule has 5 nitrogen and oxygen atoms in total. The molecule has 0 fully saturated rings. The van der Waals surface area contributed by atoms with Crippen LogP contribution in [-0.2, 0) is 21.0 Å². The lowest BCUT2D eigenvalue weighted by Crippen LogP contribution is -2.44. The molecule has 1 unspecified atom stereocenters. The summed E-state index contributed by atoms with van der Waals surface area (Å²) < 4.78 is 63.7. The fourth-order valence-electron chi connectivity index (χ4n) is 1.60. The van der Waals surface area contributed by atoms with Gasteiger partial charge in [0.15, 0.2) is 0 Å². The van der Waals surface area contributed by atoms with E-state index in [1.165, 1.54) is 13.8 Å². The molecule has 1 rings (SSSR count). The van der Waals surface area contributed by atoms with Crippen LogP contribution in [0, 0.1) is 5.92 Å². The van der Waals surface area contributed by atoms with Crippen molar-refractivity contribution >= 4 is 27.6 Å². The first-order valence-corrected chi connectivity index (χ1v) is 7.84. The van der Waals surface area contributed by atoms with Crippen LogP contribution in [0.1, 0.15) is 19.4 Å². The molecule has 0 radical (unpaired) electrons. The Morgan fingerprint density at radius 2 is 1.86 bits per heavy atom. The minimum absolute atomic E-state index is 0.473. The average Bonchev–Trinajstić information content (AvgIpc) is 2.33. The van der Waals surface area contributed by atoms with E-state index in [2.05, 4.69) is 0 Å². The van der Waals surface area contributed by atoms with Crippen LogP contribution in [0.15, 0.2) is 23.1 Å². The van der Waals surface area contributed by atoms with Crippen molar-refractivity contribution in [1.29, 1.82) is 0 Å². The zero-order valence-corrected chi connectivity index (χ0v) is 13.1. The molecular weight excluding hydrogens is 347 g/mol. The molecule has 0 saturated heterocycles. The van der Waals surface area contributed by atoms with E-state index in [1.807, 2.05) is 4.72 Å². The summed E-state index contributed by atoms with van der Waals surface area (Å²) in [6.07, 6.45) is -4.67. The zero-order valence-electron chi connectivity index (χ0n) is 11.5. The van der Waals surface area contributed by atoms with Gasteiger partial charge in [-0.15, -0.1) is 0 Å². The molecule has 124 valence electrons. The van der Waals surface area contributed by atoms with Gasteiger partial charge in [0.05, 0.1) is 10.6 Å². The average molecular weight is 360 g/mol. The molecule has 0 saturated carbocycles. The molecule has 0 amide bonds. The number of hydrogen-bond donors (Lipinski definition) is 2. The van der Waals surface area contributed by atoms with Gasteiger partial charge >= 0.3 is 12.1 Å². The molecule has 0 aliphatic rings. The van der Waals surface area contributed by atoms with Gasteiger partial charge in [-0.1, -0.05) is 25.4 Å². The number of rotatable bonds is 5. The van der Waals surface area contributed by atoms with Gasteiger partial charge in [0, 0.05) is 0 Å².